The molecule has 7 heteroatoms. The van der Waals surface area contributed by atoms with Gasteiger partial charge >= 0.3 is 5.97 Å². The van der Waals surface area contributed by atoms with Crippen LogP contribution in [0.4, 0.5) is 0 Å². The van der Waals surface area contributed by atoms with Crippen molar-refractivity contribution >= 4 is 5.97 Å². The van der Waals surface area contributed by atoms with Crippen molar-refractivity contribution in [1.29, 1.82) is 0 Å². The molecule has 0 spiro atoms. The normalized spacial score (nSPS) is 11.4. The minimum Gasteiger partial charge on any atom is -0.480 e. The number of rotatable bonds is 5. The Labute approximate surface area is 62.8 Å². The summed E-state index contributed by atoms with van der Waals surface area (Å²) in [6, 6.07) is -0.906. The van der Waals surface area contributed by atoms with E-state index in [-0.39, 0.29) is 13.0 Å². The second-order valence-corrected chi connectivity index (χ2v) is 1.83. The molecule has 0 heterocycles. The molecule has 0 fully saturated rings. The molecule has 0 amide bonds. The molecule has 0 aliphatic rings. The smallest absolute Gasteiger partial charge is 0.320 e. The topological polar surface area (TPSA) is 124 Å². The molecule has 0 radical (unpaired) electrons. The molecule has 0 aromatic rings. The van der Waals surface area contributed by atoms with E-state index in [0.717, 1.165) is 0 Å². The lowest BCUT2D eigenvalue weighted by Gasteiger charge is -2.01. The van der Waals surface area contributed by atoms with E-state index in [1.807, 2.05) is 0 Å². The van der Waals surface area contributed by atoms with Crippen LogP contribution < -0.4 is 11.2 Å². The molecule has 7 nitrogen and oxygen atoms in total. The second kappa shape index (κ2) is 5.33. The van der Waals surface area contributed by atoms with E-state index < -0.39 is 12.0 Å². The van der Waals surface area contributed by atoms with Gasteiger partial charge in [-0.05, 0) is 5.22 Å². The van der Waals surface area contributed by atoms with Crippen molar-refractivity contribution in [3.05, 3.63) is 10.4 Å². The summed E-state index contributed by atoms with van der Waals surface area (Å²) in [5.74, 6) is -1.06. The van der Waals surface area contributed by atoms with Crippen molar-refractivity contribution in [3.63, 3.8) is 0 Å². The number of nitrogens with two attached hydrogens (primary N) is 1. The predicted octanol–water partition coefficient (Wildman–Crippen LogP) is -0.397. The Kier molecular flexibility index (Phi) is 4.63. The van der Waals surface area contributed by atoms with Gasteiger partial charge in [-0.15, -0.1) is 5.53 Å². The standard InChI is InChI=1S/C4H9N5O2/c5-3(4(10)11)1-2-7-9-8-6/h3,7H,1-2,5H2,(H,10,11)/t3-/m0/s1. The average Bonchev–Trinajstić information content (AvgIpc) is 1.97. The highest BCUT2D eigenvalue weighted by atomic mass is 16.4. The Morgan fingerprint density at radius 1 is 1.91 bits per heavy atom. The first-order valence-corrected chi connectivity index (χ1v) is 2.94. The van der Waals surface area contributed by atoms with E-state index in [9.17, 15) is 4.79 Å². The molecule has 0 saturated heterocycles. The molecule has 0 aliphatic heterocycles. The zero-order chi connectivity index (χ0) is 8.69. The summed E-state index contributed by atoms with van der Waals surface area (Å²) in [5.41, 5.74) is 15.2. The third-order valence-corrected chi connectivity index (χ3v) is 1.000. The van der Waals surface area contributed by atoms with Gasteiger partial charge in [-0.1, -0.05) is 0 Å². The average molecular weight is 159 g/mol. The number of nitrogens with zero attached hydrogens (tertiary/aromatic N) is 3. The van der Waals surface area contributed by atoms with Crippen molar-refractivity contribution in [1.82, 2.24) is 5.43 Å². The second-order valence-electron chi connectivity index (χ2n) is 1.83. The quantitative estimate of drug-likeness (QED) is 0.166. The lowest BCUT2D eigenvalue weighted by Crippen LogP contribution is -2.32. The van der Waals surface area contributed by atoms with Crippen LogP contribution in [-0.2, 0) is 4.79 Å². The summed E-state index contributed by atoms with van der Waals surface area (Å²) in [6.07, 6.45) is 0.231. The third kappa shape index (κ3) is 5.01. The highest BCUT2D eigenvalue weighted by Crippen LogP contribution is 1.85. The number of carboxylic acids is 1. The lowest BCUT2D eigenvalue weighted by atomic mass is 10.2. The lowest BCUT2D eigenvalue weighted by molar-refractivity contribution is -0.138. The molecule has 0 aliphatic carbocycles. The van der Waals surface area contributed by atoms with Gasteiger partial charge in [0.25, 0.3) is 0 Å². The summed E-state index contributed by atoms with van der Waals surface area (Å²) >= 11 is 0. The first-order chi connectivity index (χ1) is 5.18. The number of aliphatic carboxylic acids is 1. The van der Waals surface area contributed by atoms with E-state index in [0.29, 0.717) is 0 Å². The summed E-state index contributed by atoms with van der Waals surface area (Å²) in [4.78, 5) is 12.5. The summed E-state index contributed by atoms with van der Waals surface area (Å²) < 4.78 is 0. The maximum absolute atomic E-state index is 10.1. The van der Waals surface area contributed by atoms with Crippen LogP contribution in [0.15, 0.2) is 5.22 Å². The van der Waals surface area contributed by atoms with Crippen molar-refractivity contribution < 1.29 is 9.90 Å². The third-order valence-electron chi connectivity index (χ3n) is 1.000. The zero-order valence-corrected chi connectivity index (χ0v) is 5.77. The summed E-state index contributed by atoms with van der Waals surface area (Å²) in [7, 11) is 0. The molecule has 0 aromatic heterocycles. The van der Waals surface area contributed by atoms with Crippen LogP contribution in [-0.4, -0.2) is 23.7 Å². The Morgan fingerprint density at radius 2 is 2.55 bits per heavy atom. The Hall–Kier alpha value is -1.46. The summed E-state index contributed by atoms with van der Waals surface area (Å²) in [5, 5.41) is 11.3. The van der Waals surface area contributed by atoms with Gasteiger partial charge in [0.1, 0.15) is 6.04 Å². The van der Waals surface area contributed by atoms with Gasteiger partial charge in [0.15, 0.2) is 0 Å². The van der Waals surface area contributed by atoms with Crippen LogP contribution in [0.2, 0.25) is 0 Å². The van der Waals surface area contributed by atoms with E-state index in [4.69, 9.17) is 16.4 Å². The van der Waals surface area contributed by atoms with Crippen LogP contribution in [0.1, 0.15) is 6.42 Å². The Morgan fingerprint density at radius 3 is 3.00 bits per heavy atom. The van der Waals surface area contributed by atoms with Crippen LogP contribution >= 0.6 is 0 Å². The number of hydrogen-bond donors (Lipinski definition) is 3. The maximum atomic E-state index is 10.1. The number of nitrogens with one attached hydrogen (secondary N) is 1. The number of carboxylic acid groups (broad SMARTS) is 1. The van der Waals surface area contributed by atoms with E-state index >= 15 is 0 Å². The van der Waals surface area contributed by atoms with E-state index in [1.54, 1.807) is 0 Å². The monoisotopic (exact) mass is 159 g/mol. The van der Waals surface area contributed by atoms with Gasteiger partial charge in [-0.2, -0.15) is 4.91 Å². The van der Waals surface area contributed by atoms with Gasteiger partial charge < -0.3 is 10.8 Å². The maximum Gasteiger partial charge on any atom is 0.320 e. The molecule has 1 atom stereocenters. The zero-order valence-electron chi connectivity index (χ0n) is 5.77. The highest BCUT2D eigenvalue weighted by Gasteiger charge is 2.10. The largest absolute Gasteiger partial charge is 0.480 e. The SMILES string of the molecule is [N-]=[N+]=NNCC[C@H](N)C(=O)O. The number of carbonyl (C=O) groups is 1. The van der Waals surface area contributed by atoms with Gasteiger partial charge in [-0.25, -0.2) is 0 Å². The predicted molar refractivity (Wildman–Crippen MR) is 37.4 cm³/mol. The van der Waals surface area contributed by atoms with Gasteiger partial charge in [-0.3, -0.25) is 10.2 Å². The Balaban J connectivity index is 3.38. The first kappa shape index (κ1) is 9.54. The fourth-order valence-electron chi connectivity index (χ4n) is 0.425. The van der Waals surface area contributed by atoms with Crippen molar-refractivity contribution in [2.75, 3.05) is 6.54 Å². The van der Waals surface area contributed by atoms with Crippen LogP contribution in [0.25, 0.3) is 10.4 Å². The minimum atomic E-state index is -1.06. The molecule has 0 unspecified atom stereocenters. The highest BCUT2D eigenvalue weighted by molar-refractivity contribution is 5.72. The Bertz CT molecular complexity index is 175. The molecule has 0 saturated carbocycles. The molecule has 4 N–H and O–H groups in total. The fourth-order valence-corrected chi connectivity index (χ4v) is 0.425. The molecule has 62 valence electrons. The van der Waals surface area contributed by atoms with Gasteiger partial charge in [0.05, 0.1) is 6.54 Å². The molecular weight excluding hydrogens is 150 g/mol. The molecule has 0 aromatic carbocycles. The van der Waals surface area contributed by atoms with Crippen molar-refractivity contribution in [2.24, 2.45) is 11.0 Å². The van der Waals surface area contributed by atoms with Crippen LogP contribution in [0, 0.1) is 0 Å². The van der Waals surface area contributed by atoms with Crippen LogP contribution in [0.5, 0.6) is 0 Å². The van der Waals surface area contributed by atoms with E-state index in [1.165, 1.54) is 0 Å². The van der Waals surface area contributed by atoms with Crippen molar-refractivity contribution in [2.45, 2.75) is 12.5 Å². The van der Waals surface area contributed by atoms with Gasteiger partial charge in [0.2, 0.25) is 0 Å². The number of hydrogen-bond acceptors (Lipinski definition) is 3. The molecule has 0 rings (SSSR count). The number of azide groups is 1. The van der Waals surface area contributed by atoms with Gasteiger partial charge in [0, 0.05) is 6.42 Å². The molecule has 11 heavy (non-hydrogen) atoms. The summed E-state index contributed by atoms with van der Waals surface area (Å²) in [6.45, 7) is 0.261. The first-order valence-electron chi connectivity index (χ1n) is 2.94. The minimum absolute atomic E-state index is 0.231. The molecular formula is C4H9N5O2. The van der Waals surface area contributed by atoms with Crippen LogP contribution in [0.3, 0.4) is 0 Å². The fraction of sp³-hybridized carbons (Fsp3) is 0.750. The van der Waals surface area contributed by atoms with E-state index in [2.05, 4.69) is 15.6 Å². The molecule has 0 bridgehead atoms. The van der Waals surface area contributed by atoms with Crippen molar-refractivity contribution in [3.8, 4) is 0 Å².